The van der Waals surface area contributed by atoms with Gasteiger partial charge in [0.1, 0.15) is 5.52 Å². The molecule has 148 valence electrons. The van der Waals surface area contributed by atoms with Crippen LogP contribution >= 0.6 is 0 Å². The number of nitrogens with zero attached hydrogens (tertiary/aromatic N) is 3. The molecular formula is C21H21N5O3. The number of nitrogens with one attached hydrogen (secondary N) is 2. The highest BCUT2D eigenvalue weighted by Crippen LogP contribution is 2.25. The number of amides is 1. The van der Waals surface area contributed by atoms with Crippen molar-refractivity contribution < 1.29 is 14.0 Å². The summed E-state index contributed by atoms with van der Waals surface area (Å²) in [6.45, 7) is 4.15. The third-order valence-electron chi connectivity index (χ3n) is 4.69. The van der Waals surface area contributed by atoms with Crippen molar-refractivity contribution in [3.05, 3.63) is 47.5 Å². The number of anilines is 2. The van der Waals surface area contributed by atoms with E-state index in [1.807, 2.05) is 24.6 Å². The normalized spacial score (nSPS) is 11.1. The lowest BCUT2D eigenvalue weighted by molar-refractivity contribution is 0.0952. The maximum absolute atomic E-state index is 12.2. The number of fused-ring (bicyclic) bond motifs is 2. The van der Waals surface area contributed by atoms with E-state index in [9.17, 15) is 9.59 Å². The Bertz CT molecular complexity index is 1240. The van der Waals surface area contributed by atoms with Crippen LogP contribution in [0.3, 0.4) is 0 Å². The summed E-state index contributed by atoms with van der Waals surface area (Å²) < 4.78 is 7.59. The molecule has 8 nitrogen and oxygen atoms in total. The number of aryl methyl sites for hydroxylation is 1. The topological polar surface area (TPSA) is 102 Å². The first-order valence-corrected chi connectivity index (χ1v) is 9.39. The first kappa shape index (κ1) is 18.7. The molecule has 0 unspecified atom stereocenters. The largest absolute Gasteiger partial charge is 0.423 e. The zero-order chi connectivity index (χ0) is 20.5. The van der Waals surface area contributed by atoms with Crippen LogP contribution in [0.1, 0.15) is 41.0 Å². The summed E-state index contributed by atoms with van der Waals surface area (Å²) in [6.07, 6.45) is 0.879. The highest BCUT2D eigenvalue weighted by atomic mass is 16.4. The number of rotatable bonds is 6. The molecule has 0 aliphatic carbocycles. The van der Waals surface area contributed by atoms with Gasteiger partial charge in [-0.1, -0.05) is 6.92 Å². The quantitative estimate of drug-likeness (QED) is 0.485. The van der Waals surface area contributed by atoms with Gasteiger partial charge in [0.15, 0.2) is 11.4 Å². The molecule has 2 aromatic carbocycles. The van der Waals surface area contributed by atoms with Crippen molar-refractivity contribution in [1.29, 1.82) is 0 Å². The van der Waals surface area contributed by atoms with Crippen molar-refractivity contribution in [2.45, 2.75) is 20.3 Å². The van der Waals surface area contributed by atoms with E-state index in [-0.39, 0.29) is 17.7 Å². The predicted molar refractivity (Wildman–Crippen MR) is 111 cm³/mol. The molecule has 0 aliphatic heterocycles. The average molecular weight is 391 g/mol. The Morgan fingerprint density at radius 2 is 1.86 bits per heavy atom. The maximum Gasteiger partial charge on any atom is 0.302 e. The number of hydrogen-bond acceptors (Lipinski definition) is 6. The molecule has 0 spiro atoms. The number of aromatic nitrogens is 3. The van der Waals surface area contributed by atoms with Gasteiger partial charge in [-0.25, -0.2) is 4.98 Å². The van der Waals surface area contributed by atoms with Gasteiger partial charge in [-0.3, -0.25) is 14.9 Å². The van der Waals surface area contributed by atoms with Gasteiger partial charge < -0.3 is 14.3 Å². The summed E-state index contributed by atoms with van der Waals surface area (Å²) in [7, 11) is 1.87. The molecule has 0 bridgehead atoms. The van der Waals surface area contributed by atoms with E-state index in [4.69, 9.17) is 4.42 Å². The molecule has 0 radical (unpaired) electrons. The van der Waals surface area contributed by atoms with Crippen molar-refractivity contribution in [2.75, 3.05) is 11.9 Å². The summed E-state index contributed by atoms with van der Waals surface area (Å²) in [5.41, 5.74) is 3.86. The standard InChI is InChI=1S/C21H21N5O3/c1-4-9-22-19(28)14-6-8-17-16(10-14)23-20(26(17)3)25-21-24-15-7-5-13(12(2)27)11-18(15)29-21/h5-8,10-11H,4,9H2,1-3H3,(H,22,28)(H,23,24,25). The number of oxazole rings is 1. The fraction of sp³-hybridized carbons (Fsp3) is 0.238. The minimum absolute atomic E-state index is 0.0352. The molecule has 1 amide bonds. The van der Waals surface area contributed by atoms with Crippen molar-refractivity contribution in [2.24, 2.45) is 7.05 Å². The second-order valence-electron chi connectivity index (χ2n) is 6.84. The predicted octanol–water partition coefficient (Wildman–Crippen LogP) is 3.80. The van der Waals surface area contributed by atoms with E-state index in [0.29, 0.717) is 40.2 Å². The number of ketones is 1. The van der Waals surface area contributed by atoms with Gasteiger partial charge in [0.25, 0.3) is 5.91 Å². The summed E-state index contributed by atoms with van der Waals surface area (Å²) in [5, 5.41) is 5.94. The van der Waals surface area contributed by atoms with E-state index in [1.54, 1.807) is 30.3 Å². The minimum Gasteiger partial charge on any atom is -0.423 e. The van der Waals surface area contributed by atoms with Crippen molar-refractivity contribution >= 4 is 45.8 Å². The van der Waals surface area contributed by atoms with Gasteiger partial charge in [0.05, 0.1) is 11.0 Å². The lowest BCUT2D eigenvalue weighted by atomic mass is 10.1. The Kier molecular flexibility index (Phi) is 4.75. The maximum atomic E-state index is 12.2. The molecule has 4 aromatic rings. The van der Waals surface area contributed by atoms with Gasteiger partial charge in [-0.2, -0.15) is 4.98 Å². The van der Waals surface area contributed by atoms with Crippen LogP contribution in [-0.4, -0.2) is 32.8 Å². The average Bonchev–Trinajstić information content (AvgIpc) is 3.25. The SMILES string of the molecule is CCCNC(=O)c1ccc2c(c1)nc(Nc1nc3ccc(C(C)=O)cc3o1)n2C. The first-order chi connectivity index (χ1) is 14.0. The number of Topliss-reactive ketones (excluding diaryl/α,β-unsaturated/α-hetero) is 1. The van der Waals surface area contributed by atoms with Crippen LogP contribution in [0.5, 0.6) is 0 Å². The van der Waals surface area contributed by atoms with E-state index in [1.165, 1.54) is 6.92 Å². The van der Waals surface area contributed by atoms with E-state index in [0.717, 1.165) is 11.9 Å². The molecule has 0 fully saturated rings. The highest BCUT2D eigenvalue weighted by molar-refractivity contribution is 5.98. The molecule has 0 saturated heterocycles. The number of imidazole rings is 1. The molecule has 8 heteroatoms. The van der Waals surface area contributed by atoms with Crippen molar-refractivity contribution in [3.63, 3.8) is 0 Å². The molecule has 4 rings (SSSR count). The van der Waals surface area contributed by atoms with Gasteiger partial charge >= 0.3 is 6.01 Å². The van der Waals surface area contributed by atoms with Crippen LogP contribution in [0.15, 0.2) is 40.8 Å². The smallest absolute Gasteiger partial charge is 0.302 e. The minimum atomic E-state index is -0.117. The zero-order valence-electron chi connectivity index (χ0n) is 16.4. The van der Waals surface area contributed by atoms with Crippen LogP contribution in [0.2, 0.25) is 0 Å². The van der Waals surface area contributed by atoms with Gasteiger partial charge in [0, 0.05) is 24.7 Å². The van der Waals surface area contributed by atoms with Crippen LogP contribution in [0.4, 0.5) is 12.0 Å². The Morgan fingerprint density at radius 3 is 2.62 bits per heavy atom. The van der Waals surface area contributed by atoms with E-state index >= 15 is 0 Å². The number of carbonyl (C=O) groups excluding carboxylic acids is 2. The van der Waals surface area contributed by atoms with Crippen LogP contribution in [0.25, 0.3) is 22.1 Å². The van der Waals surface area contributed by atoms with E-state index in [2.05, 4.69) is 20.6 Å². The summed E-state index contributed by atoms with van der Waals surface area (Å²) in [6, 6.07) is 10.8. The summed E-state index contributed by atoms with van der Waals surface area (Å²) >= 11 is 0. The molecule has 2 aromatic heterocycles. The number of carbonyl (C=O) groups is 2. The molecule has 29 heavy (non-hydrogen) atoms. The number of benzene rings is 2. The number of hydrogen-bond donors (Lipinski definition) is 2. The summed E-state index contributed by atoms with van der Waals surface area (Å²) in [5.74, 6) is 0.380. The van der Waals surface area contributed by atoms with Crippen LogP contribution in [-0.2, 0) is 7.05 Å². The first-order valence-electron chi connectivity index (χ1n) is 9.39. The molecule has 0 saturated carbocycles. The lowest BCUT2D eigenvalue weighted by Gasteiger charge is -2.03. The second kappa shape index (κ2) is 7.38. The Balaban J connectivity index is 1.64. The third kappa shape index (κ3) is 3.56. The Morgan fingerprint density at radius 1 is 1.07 bits per heavy atom. The van der Waals surface area contributed by atoms with Crippen molar-refractivity contribution in [1.82, 2.24) is 19.9 Å². The van der Waals surface area contributed by atoms with Gasteiger partial charge in [0.2, 0.25) is 5.95 Å². The van der Waals surface area contributed by atoms with Crippen molar-refractivity contribution in [3.8, 4) is 0 Å². The van der Waals surface area contributed by atoms with Crippen LogP contribution in [0, 0.1) is 0 Å². The Hall–Kier alpha value is -3.68. The third-order valence-corrected chi connectivity index (χ3v) is 4.69. The molecule has 2 heterocycles. The second-order valence-corrected chi connectivity index (χ2v) is 6.84. The van der Waals surface area contributed by atoms with Gasteiger partial charge in [-0.15, -0.1) is 0 Å². The zero-order valence-corrected chi connectivity index (χ0v) is 16.4. The molecule has 2 N–H and O–H groups in total. The van der Waals surface area contributed by atoms with Crippen LogP contribution < -0.4 is 10.6 Å². The highest BCUT2D eigenvalue weighted by Gasteiger charge is 2.14. The molecule has 0 aliphatic rings. The fourth-order valence-electron chi connectivity index (χ4n) is 3.09. The lowest BCUT2D eigenvalue weighted by Crippen LogP contribution is -2.23. The van der Waals surface area contributed by atoms with E-state index < -0.39 is 0 Å². The fourth-order valence-corrected chi connectivity index (χ4v) is 3.09. The summed E-state index contributed by atoms with van der Waals surface area (Å²) in [4.78, 5) is 32.7. The molecular weight excluding hydrogens is 370 g/mol. The van der Waals surface area contributed by atoms with Gasteiger partial charge in [-0.05, 0) is 49.7 Å². The Labute approximate surface area is 166 Å². The monoisotopic (exact) mass is 391 g/mol. The molecule has 0 atom stereocenters.